The van der Waals surface area contributed by atoms with E-state index >= 15 is 0 Å². The summed E-state index contributed by atoms with van der Waals surface area (Å²) in [5, 5.41) is 9.76. The van der Waals surface area contributed by atoms with Crippen LogP contribution in [0.25, 0.3) is 0 Å². The average Bonchev–Trinajstić information content (AvgIpc) is 4.01. The van der Waals surface area contributed by atoms with E-state index in [2.05, 4.69) is 108 Å². The van der Waals surface area contributed by atoms with E-state index in [0.717, 1.165) is 77.0 Å². The first-order valence-corrected chi connectivity index (χ1v) is 26.1. The molecule has 0 aliphatic carbocycles. The molecule has 5 atom stereocenters. The van der Waals surface area contributed by atoms with Crippen molar-refractivity contribution in [1.82, 2.24) is 0 Å². The van der Waals surface area contributed by atoms with Crippen molar-refractivity contribution in [1.29, 1.82) is 0 Å². The first-order chi connectivity index (χ1) is 30.8. The molecule has 16 heteroatoms. The van der Waals surface area contributed by atoms with Crippen molar-refractivity contribution in [3.8, 4) is 0 Å². The highest BCUT2D eigenvalue weighted by Crippen LogP contribution is 2.44. The second-order valence-electron chi connectivity index (χ2n) is 15.3. The van der Waals surface area contributed by atoms with E-state index in [9.17, 15) is 28.7 Å². The zero-order valence-corrected chi connectivity index (χ0v) is 40.1. The van der Waals surface area contributed by atoms with Gasteiger partial charge in [0.2, 0.25) is 0 Å². The molecule has 14 nitrogen and oxygen atoms in total. The molecule has 64 heavy (non-hydrogen) atoms. The third-order valence-corrected chi connectivity index (χ3v) is 10.8. The van der Waals surface area contributed by atoms with Crippen LogP contribution in [0.15, 0.2) is 97.2 Å². The Labute approximate surface area is 383 Å². The first-order valence-electron chi connectivity index (χ1n) is 23.1. The summed E-state index contributed by atoms with van der Waals surface area (Å²) in [6.07, 6.45) is 48.6. The van der Waals surface area contributed by atoms with Crippen molar-refractivity contribution in [2.24, 2.45) is 0 Å². The summed E-state index contributed by atoms with van der Waals surface area (Å²) in [4.78, 5) is 52.8. The molecular weight excluding hydrogens is 862 g/mol. The topological polar surface area (TPSA) is 208 Å². The maximum atomic E-state index is 12.7. The minimum absolute atomic E-state index is 0.0723. The standard InChI is InChI=1S/C48H78O14P2/c1-3-5-7-8-9-10-11-12-13-14-15-16-17-18-19-24-27-30-34-38-48(51)61-44(42-60-64(55,56)59-40-43(49)39-58-63(52,53)54)41-57-47(50)37-33-29-26-23-21-20-22-25-28-32-36-46-45(62-46)35-31-6-4-2/h5,7,9-10,12-13,15-16,18-20,22-23,26,28,32,43-46,49H,3-4,6,8,11,14,17,21,24-25,27,29-31,33-42H2,1-2H3,(H,55,56)(H2,52,53,54)/b7-5-,10-9-,13-12-,16-15-,19-18-,22-20-,26-23-,32-28-/t43-,44+,45?,46?/m0/s1. The fraction of sp³-hybridized carbons (Fsp3) is 0.625. The summed E-state index contributed by atoms with van der Waals surface area (Å²) in [6, 6.07) is 0. The van der Waals surface area contributed by atoms with Crippen LogP contribution in [0.5, 0.6) is 0 Å². The van der Waals surface area contributed by atoms with Gasteiger partial charge in [-0.3, -0.25) is 23.2 Å². The number of aliphatic hydroxyl groups is 1. The number of hydrogen-bond donors (Lipinski definition) is 4. The Morgan fingerprint density at radius 1 is 0.562 bits per heavy atom. The van der Waals surface area contributed by atoms with Gasteiger partial charge in [-0.2, -0.15) is 0 Å². The highest BCUT2D eigenvalue weighted by molar-refractivity contribution is 7.47. The molecule has 1 aliphatic rings. The molecule has 0 radical (unpaired) electrons. The van der Waals surface area contributed by atoms with Crippen LogP contribution < -0.4 is 0 Å². The van der Waals surface area contributed by atoms with E-state index in [1.165, 1.54) is 19.3 Å². The van der Waals surface area contributed by atoms with Crippen LogP contribution in [0.2, 0.25) is 0 Å². The Balaban J connectivity index is 2.41. The molecule has 0 amide bonds. The second-order valence-corrected chi connectivity index (χ2v) is 18.0. The molecule has 0 spiro atoms. The molecule has 0 saturated carbocycles. The van der Waals surface area contributed by atoms with Crippen LogP contribution >= 0.6 is 15.6 Å². The third kappa shape index (κ3) is 39.4. The number of esters is 2. The molecule has 1 rings (SSSR count). The number of rotatable bonds is 41. The minimum atomic E-state index is -4.88. The number of allylic oxidation sites excluding steroid dienone is 15. The molecule has 0 aromatic carbocycles. The summed E-state index contributed by atoms with van der Waals surface area (Å²) in [5.74, 6) is -1.15. The Bertz CT molecular complexity index is 1560. The number of aliphatic hydroxyl groups excluding tert-OH is 1. The van der Waals surface area contributed by atoms with Gasteiger partial charge in [0.25, 0.3) is 0 Å². The van der Waals surface area contributed by atoms with Crippen molar-refractivity contribution in [2.75, 3.05) is 26.4 Å². The number of carbonyl (C=O) groups is 2. The van der Waals surface area contributed by atoms with E-state index in [1.807, 2.05) is 12.2 Å². The number of epoxide rings is 1. The van der Waals surface area contributed by atoms with E-state index in [-0.39, 0.29) is 12.8 Å². The van der Waals surface area contributed by atoms with Gasteiger partial charge in [-0.25, -0.2) is 9.13 Å². The first kappa shape index (κ1) is 59.0. The minimum Gasteiger partial charge on any atom is -0.462 e. The van der Waals surface area contributed by atoms with Crippen LogP contribution in [-0.2, 0) is 46.5 Å². The molecule has 364 valence electrons. The molecule has 1 fully saturated rings. The van der Waals surface area contributed by atoms with E-state index in [0.29, 0.717) is 31.5 Å². The van der Waals surface area contributed by atoms with Gasteiger partial charge in [-0.15, -0.1) is 0 Å². The summed E-state index contributed by atoms with van der Waals surface area (Å²) >= 11 is 0. The highest BCUT2D eigenvalue weighted by atomic mass is 31.2. The molecule has 0 bridgehead atoms. The molecule has 1 heterocycles. The second kappa shape index (κ2) is 39.2. The summed E-state index contributed by atoms with van der Waals surface area (Å²) < 4.78 is 53.5. The van der Waals surface area contributed by atoms with Crippen molar-refractivity contribution in [3.63, 3.8) is 0 Å². The van der Waals surface area contributed by atoms with Gasteiger partial charge in [0, 0.05) is 12.8 Å². The van der Waals surface area contributed by atoms with Gasteiger partial charge < -0.3 is 34.0 Å². The van der Waals surface area contributed by atoms with E-state index in [1.54, 1.807) is 0 Å². The molecule has 1 aliphatic heterocycles. The molecule has 3 unspecified atom stereocenters. The number of phosphoric ester groups is 2. The SMILES string of the molecule is CC/C=C\C/C=C\C/C=C\C/C=C\C/C=C\CCCCCC(=O)O[C@H](COC(=O)CCC/C=C\C/C=C\C/C=C\CC1OC1CCCCC)COP(=O)(O)OC[C@@H](O)COP(=O)(O)O. The lowest BCUT2D eigenvalue weighted by Gasteiger charge is -2.20. The van der Waals surface area contributed by atoms with E-state index in [4.69, 9.17) is 28.5 Å². The average molecular weight is 941 g/mol. The molecule has 0 aromatic rings. The van der Waals surface area contributed by atoms with Crippen LogP contribution in [0.1, 0.15) is 142 Å². The lowest BCUT2D eigenvalue weighted by molar-refractivity contribution is -0.161. The van der Waals surface area contributed by atoms with Gasteiger partial charge in [0.05, 0.1) is 32.0 Å². The van der Waals surface area contributed by atoms with Gasteiger partial charge >= 0.3 is 27.6 Å². The quantitative estimate of drug-likeness (QED) is 0.0148. The maximum absolute atomic E-state index is 12.7. The van der Waals surface area contributed by atoms with Gasteiger partial charge in [0.15, 0.2) is 6.10 Å². The Kier molecular flexibility index (Phi) is 36.1. The lowest BCUT2D eigenvalue weighted by atomic mass is 10.1. The number of carbonyl (C=O) groups excluding carboxylic acids is 2. The predicted octanol–water partition coefficient (Wildman–Crippen LogP) is 11.1. The third-order valence-electron chi connectivity index (χ3n) is 9.37. The van der Waals surface area contributed by atoms with Crippen molar-refractivity contribution in [2.45, 2.75) is 167 Å². The van der Waals surface area contributed by atoms with Crippen LogP contribution in [0.4, 0.5) is 0 Å². The van der Waals surface area contributed by atoms with Crippen LogP contribution in [0.3, 0.4) is 0 Å². The van der Waals surface area contributed by atoms with Crippen molar-refractivity contribution in [3.05, 3.63) is 97.2 Å². The number of unbranched alkanes of at least 4 members (excludes halogenated alkanes) is 6. The monoisotopic (exact) mass is 940 g/mol. The number of phosphoric acid groups is 2. The smallest absolute Gasteiger partial charge is 0.462 e. The van der Waals surface area contributed by atoms with Gasteiger partial charge in [-0.05, 0) is 89.9 Å². The number of hydrogen-bond acceptors (Lipinski definition) is 11. The molecule has 0 aromatic heterocycles. The Morgan fingerprint density at radius 3 is 1.66 bits per heavy atom. The van der Waals surface area contributed by atoms with Gasteiger partial charge in [-0.1, -0.05) is 137 Å². The summed E-state index contributed by atoms with van der Waals surface area (Å²) in [6.45, 7) is 1.50. The lowest BCUT2D eigenvalue weighted by Crippen LogP contribution is -2.30. The van der Waals surface area contributed by atoms with Crippen molar-refractivity contribution >= 4 is 27.6 Å². The van der Waals surface area contributed by atoms with Crippen LogP contribution in [0, 0.1) is 0 Å². The highest BCUT2D eigenvalue weighted by Gasteiger charge is 2.36. The molecule has 1 saturated heterocycles. The maximum Gasteiger partial charge on any atom is 0.472 e. The summed E-state index contributed by atoms with van der Waals surface area (Å²) in [7, 11) is -9.72. The fourth-order valence-corrected chi connectivity index (χ4v) is 6.97. The summed E-state index contributed by atoms with van der Waals surface area (Å²) in [5.41, 5.74) is 0. The van der Waals surface area contributed by atoms with E-state index < -0.39 is 66.2 Å². The normalized spacial score (nSPS) is 18.0. The zero-order valence-electron chi connectivity index (χ0n) is 38.3. The Hall–Kier alpha value is -3.00. The van der Waals surface area contributed by atoms with Gasteiger partial charge in [0.1, 0.15) is 12.7 Å². The predicted molar refractivity (Wildman–Crippen MR) is 252 cm³/mol. The fourth-order valence-electron chi connectivity index (χ4n) is 5.81. The van der Waals surface area contributed by atoms with Crippen LogP contribution in [-0.4, -0.2) is 82.6 Å². The molecule has 4 N–H and O–H groups in total. The number of ether oxygens (including phenoxy) is 3. The van der Waals surface area contributed by atoms with Crippen molar-refractivity contribution < 1.29 is 66.3 Å². The zero-order chi connectivity index (χ0) is 47.0. The Morgan fingerprint density at radius 2 is 1.08 bits per heavy atom. The molecular formula is C48H78O14P2. The largest absolute Gasteiger partial charge is 0.472 e.